The Morgan fingerprint density at radius 2 is 1.12 bits per heavy atom. The zero-order chi connectivity index (χ0) is 4.50. The van der Waals surface area contributed by atoms with E-state index in [9.17, 15) is 0 Å². The van der Waals surface area contributed by atoms with Crippen molar-refractivity contribution in [1.29, 1.82) is 0 Å². The molecule has 4 nitrogen and oxygen atoms in total. The second-order valence-electron chi connectivity index (χ2n) is 0.448. The fourth-order valence-corrected chi connectivity index (χ4v) is 0. The van der Waals surface area contributed by atoms with Crippen molar-refractivity contribution >= 4 is 142 Å². The summed E-state index contributed by atoms with van der Waals surface area (Å²) in [6.07, 6.45) is 0. The van der Waals surface area contributed by atoms with Crippen LogP contribution in [0.3, 0.4) is 0 Å². The molecule has 0 radical (unpaired) electrons. The van der Waals surface area contributed by atoms with Gasteiger partial charge in [0.1, 0.15) is 0 Å². The van der Waals surface area contributed by atoms with Crippen LogP contribution in [0.25, 0.3) is 0 Å². The molecular formula is H8BaCaO4SSr. The maximum absolute atomic E-state index is 8.74. The van der Waals surface area contributed by atoms with Crippen molar-refractivity contribution in [3.05, 3.63) is 0 Å². The van der Waals surface area contributed by atoms with E-state index < -0.39 is 10.4 Å². The summed E-state index contributed by atoms with van der Waals surface area (Å²) in [5, 5.41) is 0. The van der Waals surface area contributed by atoms with Crippen LogP contribution in [0, 0.1) is 0 Å². The quantitative estimate of drug-likeness (QED) is 0.345. The molecular weight excluding hydrogens is 361 g/mol. The molecule has 0 rings (SSSR count). The SMILES string of the molecule is O=S(=O)(O)O.[BaH2].[CaH2].[SrH2]. The molecule has 0 bridgehead atoms. The minimum atomic E-state index is -4.67. The molecule has 0 aromatic carbocycles. The van der Waals surface area contributed by atoms with Gasteiger partial charge >= 0.3 is 142 Å². The molecule has 44 valence electrons. The molecule has 8 heavy (non-hydrogen) atoms. The van der Waals surface area contributed by atoms with Crippen molar-refractivity contribution in [3.8, 4) is 0 Å². The molecule has 0 spiro atoms. The van der Waals surface area contributed by atoms with Crippen LogP contribution in [0.4, 0.5) is 0 Å². The molecule has 0 unspecified atom stereocenters. The van der Waals surface area contributed by atoms with Crippen LogP contribution < -0.4 is 0 Å². The molecule has 0 heterocycles. The molecule has 0 aliphatic rings. The van der Waals surface area contributed by atoms with Gasteiger partial charge in [-0.25, -0.2) is 0 Å². The van der Waals surface area contributed by atoms with Crippen molar-refractivity contribution in [1.82, 2.24) is 0 Å². The van der Waals surface area contributed by atoms with Crippen molar-refractivity contribution in [3.63, 3.8) is 0 Å². The molecule has 0 aliphatic carbocycles. The van der Waals surface area contributed by atoms with Crippen LogP contribution in [-0.2, 0) is 10.4 Å². The minimum absolute atomic E-state index is 0. The van der Waals surface area contributed by atoms with Gasteiger partial charge in [0.25, 0.3) is 0 Å². The Balaban J connectivity index is -0.0000000267. The summed E-state index contributed by atoms with van der Waals surface area (Å²) in [7, 11) is -4.67. The third-order valence-electron chi connectivity index (χ3n) is 0. The Bertz CT molecular complexity index is 99.2. The first kappa shape index (κ1) is 22.8. The second kappa shape index (κ2) is 11.2. The summed E-state index contributed by atoms with van der Waals surface area (Å²) in [6, 6.07) is 0. The Labute approximate surface area is 155 Å². The fourth-order valence-electron chi connectivity index (χ4n) is 0. The van der Waals surface area contributed by atoms with Crippen molar-refractivity contribution in [2.24, 2.45) is 0 Å². The Morgan fingerprint density at radius 3 is 1.12 bits per heavy atom. The van der Waals surface area contributed by atoms with E-state index in [0.29, 0.717) is 0 Å². The van der Waals surface area contributed by atoms with E-state index in [2.05, 4.69) is 0 Å². The van der Waals surface area contributed by atoms with E-state index in [-0.39, 0.29) is 132 Å². The number of hydrogen-bond donors (Lipinski definition) is 2. The van der Waals surface area contributed by atoms with E-state index in [1.54, 1.807) is 0 Å². The summed E-state index contributed by atoms with van der Waals surface area (Å²) in [5.74, 6) is 0. The van der Waals surface area contributed by atoms with Gasteiger partial charge in [0, 0.05) is 0 Å². The molecule has 0 amide bonds. The molecule has 0 atom stereocenters. The predicted octanol–water partition coefficient (Wildman–Crippen LogP) is -3.40. The monoisotopic (exact) mass is 370 g/mol. The topological polar surface area (TPSA) is 74.6 Å². The summed E-state index contributed by atoms with van der Waals surface area (Å²) in [4.78, 5) is 0. The molecule has 0 saturated heterocycles. The van der Waals surface area contributed by atoms with Crippen LogP contribution in [0.5, 0.6) is 0 Å². The van der Waals surface area contributed by atoms with E-state index in [4.69, 9.17) is 17.5 Å². The normalized spacial score (nSPS) is 7.25. The van der Waals surface area contributed by atoms with Crippen molar-refractivity contribution in [2.75, 3.05) is 0 Å². The molecule has 8 heteroatoms. The predicted molar refractivity (Wildman–Crippen MR) is 39.8 cm³/mol. The van der Waals surface area contributed by atoms with Crippen LogP contribution in [0.15, 0.2) is 0 Å². The standard InChI is InChI=1S/Ba.Ca.H2O4S.Sr.6H/c;;1-5(2,3)4;;;;;;;/h;;(H2,1,2,3,4);;;;;;;. The molecule has 0 aromatic rings. The zero-order valence-electron chi connectivity index (χ0n) is 2.12. The van der Waals surface area contributed by atoms with Gasteiger partial charge in [-0.2, -0.15) is 8.42 Å². The van der Waals surface area contributed by atoms with Crippen molar-refractivity contribution in [2.45, 2.75) is 0 Å². The molecule has 0 aromatic heterocycles. The average molecular weight is 369 g/mol. The van der Waals surface area contributed by atoms with E-state index >= 15 is 0 Å². The van der Waals surface area contributed by atoms with Gasteiger partial charge in [-0.05, 0) is 0 Å². The Kier molecular flexibility index (Phi) is 31.8. The maximum atomic E-state index is 8.74. The number of hydrogen-bond acceptors (Lipinski definition) is 2. The van der Waals surface area contributed by atoms with Gasteiger partial charge in [-0.15, -0.1) is 0 Å². The fraction of sp³-hybridized carbons (Fsp3) is 0. The van der Waals surface area contributed by atoms with E-state index in [1.165, 1.54) is 0 Å². The number of rotatable bonds is 0. The van der Waals surface area contributed by atoms with Crippen molar-refractivity contribution < 1.29 is 17.5 Å². The molecule has 0 aliphatic heterocycles. The summed E-state index contributed by atoms with van der Waals surface area (Å²) in [5.41, 5.74) is 0. The first-order valence-corrected chi connectivity index (χ1v) is 2.10. The van der Waals surface area contributed by atoms with Gasteiger partial charge in [0.2, 0.25) is 0 Å². The Morgan fingerprint density at radius 1 is 1.12 bits per heavy atom. The van der Waals surface area contributed by atoms with Crippen LogP contribution in [0.2, 0.25) is 0 Å². The first-order chi connectivity index (χ1) is 2.00. The summed E-state index contributed by atoms with van der Waals surface area (Å²) < 4.78 is 31.6. The third-order valence-corrected chi connectivity index (χ3v) is 0. The molecule has 0 fully saturated rings. The van der Waals surface area contributed by atoms with Gasteiger partial charge < -0.3 is 0 Å². The summed E-state index contributed by atoms with van der Waals surface area (Å²) >= 11 is 0. The summed E-state index contributed by atoms with van der Waals surface area (Å²) in [6.45, 7) is 0. The Hall–Kier alpha value is 4.18. The molecule has 2 N–H and O–H groups in total. The van der Waals surface area contributed by atoms with Gasteiger partial charge in [-0.3, -0.25) is 9.11 Å². The second-order valence-corrected chi connectivity index (χ2v) is 1.34. The molecule has 0 saturated carbocycles. The third kappa shape index (κ3) is 49.1. The van der Waals surface area contributed by atoms with E-state index in [1.807, 2.05) is 0 Å². The van der Waals surface area contributed by atoms with Gasteiger partial charge in [0.15, 0.2) is 0 Å². The zero-order valence-corrected chi connectivity index (χ0v) is 2.94. The first-order valence-electron chi connectivity index (χ1n) is 0.698. The van der Waals surface area contributed by atoms with Crippen LogP contribution >= 0.6 is 0 Å². The van der Waals surface area contributed by atoms with Crippen LogP contribution in [0.1, 0.15) is 0 Å². The van der Waals surface area contributed by atoms with Crippen LogP contribution in [-0.4, -0.2) is 150 Å². The average Bonchev–Trinajstić information content (AvgIpc) is 0.722. The van der Waals surface area contributed by atoms with Gasteiger partial charge in [-0.1, -0.05) is 0 Å². The van der Waals surface area contributed by atoms with Gasteiger partial charge in [0.05, 0.1) is 0 Å². The van der Waals surface area contributed by atoms with E-state index in [0.717, 1.165) is 0 Å².